The lowest BCUT2D eigenvalue weighted by Gasteiger charge is -2.06. The van der Waals surface area contributed by atoms with E-state index < -0.39 is 0 Å². The Morgan fingerprint density at radius 3 is 2.50 bits per heavy atom. The Kier molecular flexibility index (Phi) is 4.80. The molecule has 0 bridgehead atoms. The van der Waals surface area contributed by atoms with Crippen LogP contribution in [0.5, 0.6) is 0 Å². The lowest BCUT2D eigenvalue weighted by Crippen LogP contribution is -2.17. The maximum absolute atomic E-state index is 5.76. The maximum atomic E-state index is 5.76. The van der Waals surface area contributed by atoms with Crippen LogP contribution >= 0.6 is 27.7 Å². The summed E-state index contributed by atoms with van der Waals surface area (Å²) in [7, 11) is 0. The van der Waals surface area contributed by atoms with Crippen LogP contribution in [-0.2, 0) is 6.42 Å². The minimum Gasteiger partial charge on any atom is -0.328 e. The van der Waals surface area contributed by atoms with Gasteiger partial charge in [-0.15, -0.1) is 0 Å². The second kappa shape index (κ2) is 6.36. The summed E-state index contributed by atoms with van der Waals surface area (Å²) in [6.07, 6.45) is 2.78. The van der Waals surface area contributed by atoms with Gasteiger partial charge in [0.25, 0.3) is 0 Å². The molecular weight excluding hydrogens is 308 g/mol. The smallest absolute Gasteiger partial charge is 0.101 e. The van der Waals surface area contributed by atoms with Crippen LogP contribution in [-0.4, -0.2) is 11.0 Å². The van der Waals surface area contributed by atoms with Gasteiger partial charge in [0.15, 0.2) is 0 Å². The molecule has 2 aromatic rings. The molecule has 1 atom stereocenters. The fraction of sp³-hybridized carbons (Fsp3) is 0.214. The molecule has 0 amide bonds. The molecule has 0 spiro atoms. The van der Waals surface area contributed by atoms with Gasteiger partial charge in [-0.25, -0.2) is 4.98 Å². The maximum Gasteiger partial charge on any atom is 0.101 e. The Morgan fingerprint density at radius 1 is 1.22 bits per heavy atom. The molecule has 0 saturated carbocycles. The average Bonchev–Trinajstić information content (AvgIpc) is 2.34. The molecule has 2 nitrogen and oxygen atoms in total. The third-order valence-electron chi connectivity index (χ3n) is 2.39. The van der Waals surface area contributed by atoms with Gasteiger partial charge in [-0.2, -0.15) is 0 Å². The molecule has 0 radical (unpaired) electrons. The number of aromatic nitrogens is 1. The third kappa shape index (κ3) is 4.12. The van der Waals surface area contributed by atoms with Crippen LogP contribution in [0.3, 0.4) is 0 Å². The van der Waals surface area contributed by atoms with Gasteiger partial charge in [-0.05, 0) is 49.2 Å². The average molecular weight is 323 g/mol. The molecule has 18 heavy (non-hydrogen) atoms. The van der Waals surface area contributed by atoms with Crippen molar-refractivity contribution in [3.63, 3.8) is 0 Å². The van der Waals surface area contributed by atoms with Gasteiger partial charge in [0.1, 0.15) is 5.03 Å². The van der Waals surface area contributed by atoms with Crippen molar-refractivity contribution in [2.45, 2.75) is 29.3 Å². The predicted octanol–water partition coefficient (Wildman–Crippen LogP) is 3.89. The van der Waals surface area contributed by atoms with E-state index in [2.05, 4.69) is 39.1 Å². The quantitative estimate of drug-likeness (QED) is 0.928. The summed E-state index contributed by atoms with van der Waals surface area (Å²) in [6, 6.07) is 12.5. The monoisotopic (exact) mass is 322 g/mol. The standard InChI is InChI=1S/C14H15BrN2S/c1-10(16)8-11-2-7-14(17-9-11)18-13-5-3-12(15)4-6-13/h2-7,9-10H,8,16H2,1H3. The summed E-state index contributed by atoms with van der Waals surface area (Å²) in [6.45, 7) is 2.00. The van der Waals surface area contributed by atoms with E-state index in [1.807, 2.05) is 31.3 Å². The van der Waals surface area contributed by atoms with Crippen LogP contribution in [0, 0.1) is 0 Å². The van der Waals surface area contributed by atoms with E-state index in [4.69, 9.17) is 5.73 Å². The topological polar surface area (TPSA) is 38.9 Å². The number of hydrogen-bond donors (Lipinski definition) is 1. The summed E-state index contributed by atoms with van der Waals surface area (Å²) in [4.78, 5) is 5.63. The van der Waals surface area contributed by atoms with Gasteiger partial charge < -0.3 is 5.73 Å². The molecule has 94 valence electrons. The number of nitrogens with zero attached hydrogens (tertiary/aromatic N) is 1. The first-order valence-corrected chi connectivity index (χ1v) is 7.38. The van der Waals surface area contributed by atoms with Gasteiger partial charge in [0, 0.05) is 21.6 Å². The molecule has 4 heteroatoms. The molecule has 1 heterocycles. The predicted molar refractivity (Wildman–Crippen MR) is 79.9 cm³/mol. The van der Waals surface area contributed by atoms with Gasteiger partial charge in [0.2, 0.25) is 0 Å². The van der Waals surface area contributed by atoms with Crippen LogP contribution in [0.25, 0.3) is 0 Å². The van der Waals surface area contributed by atoms with Crippen LogP contribution in [0.1, 0.15) is 12.5 Å². The summed E-state index contributed by atoms with van der Waals surface area (Å²) >= 11 is 5.09. The van der Waals surface area contributed by atoms with E-state index in [1.54, 1.807) is 11.8 Å². The zero-order chi connectivity index (χ0) is 13.0. The van der Waals surface area contributed by atoms with Gasteiger partial charge in [-0.3, -0.25) is 0 Å². The number of pyridine rings is 1. The fourth-order valence-corrected chi connectivity index (χ4v) is 2.61. The lowest BCUT2D eigenvalue weighted by atomic mass is 10.1. The highest BCUT2D eigenvalue weighted by Gasteiger charge is 2.01. The van der Waals surface area contributed by atoms with Crippen molar-refractivity contribution in [1.29, 1.82) is 0 Å². The third-order valence-corrected chi connectivity index (χ3v) is 3.88. The zero-order valence-electron chi connectivity index (χ0n) is 10.1. The Labute approximate surface area is 120 Å². The highest BCUT2D eigenvalue weighted by molar-refractivity contribution is 9.10. The Morgan fingerprint density at radius 2 is 1.94 bits per heavy atom. The molecule has 1 aromatic heterocycles. The molecule has 1 unspecified atom stereocenters. The van der Waals surface area contributed by atoms with E-state index >= 15 is 0 Å². The molecule has 2 rings (SSSR count). The van der Waals surface area contributed by atoms with Crippen molar-refractivity contribution in [2.24, 2.45) is 5.73 Å². The first-order chi connectivity index (χ1) is 8.63. The van der Waals surface area contributed by atoms with Crippen LogP contribution in [0.15, 0.2) is 57.0 Å². The Hall–Kier alpha value is -0.840. The summed E-state index contributed by atoms with van der Waals surface area (Å²) in [5.41, 5.74) is 6.95. The molecule has 0 aliphatic heterocycles. The molecule has 0 aliphatic carbocycles. The number of nitrogens with two attached hydrogens (primary N) is 1. The van der Waals surface area contributed by atoms with E-state index in [0.717, 1.165) is 15.9 Å². The molecule has 0 saturated heterocycles. The zero-order valence-corrected chi connectivity index (χ0v) is 12.5. The molecule has 2 N–H and O–H groups in total. The fourth-order valence-electron chi connectivity index (χ4n) is 1.59. The van der Waals surface area contributed by atoms with Gasteiger partial charge in [0.05, 0.1) is 0 Å². The second-order valence-corrected chi connectivity index (χ2v) is 6.25. The Bertz CT molecular complexity index is 494. The first kappa shape index (κ1) is 13.6. The minimum absolute atomic E-state index is 0.178. The summed E-state index contributed by atoms with van der Waals surface area (Å²) < 4.78 is 1.09. The number of hydrogen-bond acceptors (Lipinski definition) is 3. The van der Waals surface area contributed by atoms with Crippen LogP contribution < -0.4 is 5.73 Å². The minimum atomic E-state index is 0.178. The second-order valence-electron chi connectivity index (χ2n) is 4.24. The van der Waals surface area contributed by atoms with E-state index in [0.29, 0.717) is 0 Å². The SMILES string of the molecule is CC(N)Cc1ccc(Sc2ccc(Br)cc2)nc1. The molecule has 1 aromatic carbocycles. The number of benzene rings is 1. The van der Waals surface area contributed by atoms with Crippen molar-refractivity contribution in [3.05, 3.63) is 52.6 Å². The summed E-state index contributed by atoms with van der Waals surface area (Å²) in [5, 5.41) is 1.01. The van der Waals surface area contributed by atoms with E-state index in [1.165, 1.54) is 10.5 Å². The lowest BCUT2D eigenvalue weighted by molar-refractivity contribution is 0.734. The first-order valence-electron chi connectivity index (χ1n) is 5.77. The van der Waals surface area contributed by atoms with E-state index in [-0.39, 0.29) is 6.04 Å². The van der Waals surface area contributed by atoms with E-state index in [9.17, 15) is 0 Å². The molecule has 0 aliphatic rings. The summed E-state index contributed by atoms with van der Waals surface area (Å²) in [5.74, 6) is 0. The highest BCUT2D eigenvalue weighted by atomic mass is 79.9. The van der Waals surface area contributed by atoms with Crippen molar-refractivity contribution >= 4 is 27.7 Å². The normalized spacial score (nSPS) is 12.4. The van der Waals surface area contributed by atoms with Crippen molar-refractivity contribution in [2.75, 3.05) is 0 Å². The molecular formula is C14H15BrN2S. The highest BCUT2D eigenvalue weighted by Crippen LogP contribution is 2.27. The largest absolute Gasteiger partial charge is 0.328 e. The van der Waals surface area contributed by atoms with Crippen molar-refractivity contribution < 1.29 is 0 Å². The van der Waals surface area contributed by atoms with Crippen LogP contribution in [0.2, 0.25) is 0 Å². The van der Waals surface area contributed by atoms with Crippen molar-refractivity contribution in [3.8, 4) is 0 Å². The van der Waals surface area contributed by atoms with Gasteiger partial charge >= 0.3 is 0 Å². The van der Waals surface area contributed by atoms with Gasteiger partial charge in [-0.1, -0.05) is 33.8 Å². The van der Waals surface area contributed by atoms with Crippen LogP contribution in [0.4, 0.5) is 0 Å². The number of halogens is 1. The molecule has 0 fully saturated rings. The number of rotatable bonds is 4. The van der Waals surface area contributed by atoms with Crippen molar-refractivity contribution in [1.82, 2.24) is 4.98 Å². The Balaban J connectivity index is 2.04.